The highest BCUT2D eigenvalue weighted by molar-refractivity contribution is 9.10. The number of para-hydroxylation sites is 1. The number of Topliss-reactive ketones (excluding diaryl/α,β-unsaturated/α-hetero) is 1. The second-order valence-electron chi connectivity index (χ2n) is 11.8. The number of phenols is 1. The standard InChI is InChI=1S/C35H29BrN2O6/c1-2-18-14-22(36)15-25-26(35(43)44-17-29(40)24-5-3-4-6-28(24)39)16-27(37-32(18)25)19-9-11-23(12-10-19)38-33(41)30-20-7-8-21(13-20)31(30)34(38)42/h3-6,9-12,14-16,20-21,30-31,39H,2,7-8,13,17H2,1H3. The fraction of sp³-hybridized carbons (Fsp3) is 0.286. The van der Waals surface area contributed by atoms with Crippen molar-refractivity contribution in [1.82, 2.24) is 4.98 Å². The van der Waals surface area contributed by atoms with E-state index in [0.717, 1.165) is 29.3 Å². The molecule has 4 atom stereocenters. The molecule has 7 rings (SSSR count). The highest BCUT2D eigenvalue weighted by atomic mass is 79.9. The number of hydrogen-bond acceptors (Lipinski definition) is 7. The number of hydrogen-bond donors (Lipinski definition) is 1. The van der Waals surface area contributed by atoms with E-state index in [-0.39, 0.29) is 40.5 Å². The molecule has 3 fully saturated rings. The van der Waals surface area contributed by atoms with Crippen molar-refractivity contribution in [2.45, 2.75) is 32.6 Å². The quantitative estimate of drug-likeness (QED) is 0.138. The van der Waals surface area contributed by atoms with Crippen LogP contribution in [0.3, 0.4) is 0 Å². The summed E-state index contributed by atoms with van der Waals surface area (Å²) in [6.45, 7) is 1.46. The molecule has 44 heavy (non-hydrogen) atoms. The Morgan fingerprint density at radius 2 is 1.64 bits per heavy atom. The lowest BCUT2D eigenvalue weighted by Crippen LogP contribution is -2.32. The van der Waals surface area contributed by atoms with E-state index < -0.39 is 18.4 Å². The van der Waals surface area contributed by atoms with Crippen LogP contribution in [0.15, 0.2) is 71.2 Å². The lowest BCUT2D eigenvalue weighted by atomic mass is 9.81. The number of rotatable bonds is 7. The third-order valence-corrected chi connectivity index (χ3v) is 9.90. The Balaban J connectivity index is 1.21. The highest BCUT2D eigenvalue weighted by Gasteiger charge is 2.61. The Morgan fingerprint density at radius 3 is 2.30 bits per heavy atom. The highest BCUT2D eigenvalue weighted by Crippen LogP contribution is 2.56. The van der Waals surface area contributed by atoms with Gasteiger partial charge in [0.2, 0.25) is 17.6 Å². The van der Waals surface area contributed by atoms with Crippen molar-refractivity contribution < 1.29 is 29.0 Å². The van der Waals surface area contributed by atoms with E-state index in [9.17, 15) is 24.3 Å². The maximum atomic E-state index is 13.5. The Morgan fingerprint density at radius 1 is 0.955 bits per heavy atom. The van der Waals surface area contributed by atoms with Crippen LogP contribution < -0.4 is 4.90 Å². The molecule has 1 saturated heterocycles. The molecule has 3 aromatic carbocycles. The van der Waals surface area contributed by atoms with Gasteiger partial charge in [0.25, 0.3) is 0 Å². The van der Waals surface area contributed by atoms with Crippen molar-refractivity contribution in [2.75, 3.05) is 11.5 Å². The van der Waals surface area contributed by atoms with E-state index in [1.165, 1.54) is 17.0 Å². The number of imide groups is 1. The van der Waals surface area contributed by atoms with Gasteiger partial charge in [-0.15, -0.1) is 0 Å². The van der Waals surface area contributed by atoms with Crippen LogP contribution in [0.25, 0.3) is 22.2 Å². The number of aromatic hydroxyl groups is 1. The van der Waals surface area contributed by atoms with Gasteiger partial charge in [-0.2, -0.15) is 0 Å². The van der Waals surface area contributed by atoms with Gasteiger partial charge in [-0.3, -0.25) is 19.3 Å². The van der Waals surface area contributed by atoms with E-state index in [2.05, 4.69) is 15.9 Å². The molecule has 4 aromatic rings. The number of aromatic nitrogens is 1. The number of aryl methyl sites for hydroxylation is 1. The molecule has 3 aliphatic rings. The number of carbonyl (C=O) groups excluding carboxylic acids is 4. The average Bonchev–Trinajstić information content (AvgIpc) is 3.72. The molecule has 2 amide bonds. The first-order valence-corrected chi connectivity index (χ1v) is 15.6. The van der Waals surface area contributed by atoms with Gasteiger partial charge >= 0.3 is 5.97 Å². The number of ether oxygens (including phenoxy) is 1. The van der Waals surface area contributed by atoms with Crippen molar-refractivity contribution >= 4 is 56.1 Å². The largest absolute Gasteiger partial charge is 0.507 e. The van der Waals surface area contributed by atoms with Crippen LogP contribution in [0.1, 0.15) is 52.5 Å². The molecule has 1 N–H and O–H groups in total. The molecule has 2 saturated carbocycles. The number of halogens is 1. The summed E-state index contributed by atoms with van der Waals surface area (Å²) in [5.74, 6) is -1.35. The van der Waals surface area contributed by atoms with Gasteiger partial charge in [0.15, 0.2) is 6.61 Å². The summed E-state index contributed by atoms with van der Waals surface area (Å²) in [6, 6.07) is 18.6. The number of benzene rings is 3. The zero-order chi connectivity index (χ0) is 30.7. The molecule has 1 aliphatic heterocycles. The number of phenolic OH excluding ortho intramolecular Hbond substituents is 1. The fourth-order valence-corrected chi connectivity index (χ4v) is 7.89. The van der Waals surface area contributed by atoms with Gasteiger partial charge in [0.1, 0.15) is 5.75 Å². The summed E-state index contributed by atoms with van der Waals surface area (Å²) in [5.41, 5.74) is 3.60. The number of pyridine rings is 1. The van der Waals surface area contributed by atoms with E-state index in [1.807, 2.05) is 13.0 Å². The Labute approximate surface area is 262 Å². The van der Waals surface area contributed by atoms with Gasteiger partial charge in [-0.1, -0.05) is 47.1 Å². The Hall–Kier alpha value is -4.37. The zero-order valence-electron chi connectivity index (χ0n) is 24.0. The molecule has 222 valence electrons. The van der Waals surface area contributed by atoms with E-state index in [1.54, 1.807) is 48.5 Å². The predicted molar refractivity (Wildman–Crippen MR) is 167 cm³/mol. The van der Waals surface area contributed by atoms with Crippen LogP contribution in [0.5, 0.6) is 5.75 Å². The molecule has 4 unspecified atom stereocenters. The minimum Gasteiger partial charge on any atom is -0.507 e. The molecule has 8 nitrogen and oxygen atoms in total. The van der Waals surface area contributed by atoms with Gasteiger partial charge in [-0.25, -0.2) is 9.78 Å². The monoisotopic (exact) mass is 652 g/mol. The number of anilines is 1. The maximum absolute atomic E-state index is 13.5. The molecule has 2 aliphatic carbocycles. The van der Waals surface area contributed by atoms with Crippen LogP contribution in [-0.4, -0.2) is 40.3 Å². The summed E-state index contributed by atoms with van der Waals surface area (Å²) in [4.78, 5) is 59.1. The maximum Gasteiger partial charge on any atom is 0.339 e. The first kappa shape index (κ1) is 28.4. The molecule has 2 heterocycles. The molecular formula is C35H29BrN2O6. The van der Waals surface area contributed by atoms with Gasteiger partial charge < -0.3 is 9.84 Å². The smallest absolute Gasteiger partial charge is 0.339 e. The van der Waals surface area contributed by atoms with Crippen molar-refractivity contribution in [3.8, 4) is 17.0 Å². The summed E-state index contributed by atoms with van der Waals surface area (Å²) >= 11 is 3.53. The minimum atomic E-state index is -0.700. The molecular weight excluding hydrogens is 624 g/mol. The summed E-state index contributed by atoms with van der Waals surface area (Å²) in [6.07, 6.45) is 3.69. The number of amides is 2. The molecule has 9 heteroatoms. The number of esters is 1. The normalized spacial score (nSPS) is 22.1. The second-order valence-corrected chi connectivity index (χ2v) is 12.7. The number of ketones is 1. The molecule has 2 bridgehead atoms. The number of fused-ring (bicyclic) bond motifs is 6. The van der Waals surface area contributed by atoms with Crippen molar-refractivity contribution in [2.24, 2.45) is 23.7 Å². The number of nitrogens with zero attached hydrogens (tertiary/aromatic N) is 2. The number of carbonyl (C=O) groups is 4. The topological polar surface area (TPSA) is 114 Å². The predicted octanol–water partition coefficient (Wildman–Crippen LogP) is 6.51. The van der Waals surface area contributed by atoms with Crippen molar-refractivity contribution in [3.63, 3.8) is 0 Å². The van der Waals surface area contributed by atoms with Crippen LogP contribution >= 0.6 is 15.9 Å². The van der Waals surface area contributed by atoms with Gasteiger partial charge in [0, 0.05) is 15.4 Å². The van der Waals surface area contributed by atoms with Gasteiger partial charge in [-0.05, 0) is 85.5 Å². The lowest BCUT2D eigenvalue weighted by molar-refractivity contribution is -0.123. The lowest BCUT2D eigenvalue weighted by Gasteiger charge is -2.19. The SMILES string of the molecule is CCc1cc(Br)cc2c(C(=O)OCC(=O)c3ccccc3O)cc(-c3ccc(N4C(=O)C5C6CCC(C6)C5C4=O)cc3)nc12. The third-order valence-electron chi connectivity index (χ3n) is 9.45. The van der Waals surface area contributed by atoms with Crippen LogP contribution in [-0.2, 0) is 20.7 Å². The summed E-state index contributed by atoms with van der Waals surface area (Å²) in [5, 5.41) is 10.6. The Bertz CT molecular complexity index is 1840. The average molecular weight is 654 g/mol. The Kier molecular flexibility index (Phi) is 7.08. The third kappa shape index (κ3) is 4.61. The van der Waals surface area contributed by atoms with E-state index >= 15 is 0 Å². The summed E-state index contributed by atoms with van der Waals surface area (Å²) < 4.78 is 6.23. The summed E-state index contributed by atoms with van der Waals surface area (Å²) in [7, 11) is 0. The van der Waals surface area contributed by atoms with E-state index in [4.69, 9.17) is 9.72 Å². The molecule has 1 aromatic heterocycles. The first-order chi connectivity index (χ1) is 21.2. The van der Waals surface area contributed by atoms with Crippen molar-refractivity contribution in [3.05, 3.63) is 87.9 Å². The minimum absolute atomic E-state index is 0.0722. The first-order valence-electron chi connectivity index (χ1n) is 14.8. The van der Waals surface area contributed by atoms with Crippen LogP contribution in [0, 0.1) is 23.7 Å². The van der Waals surface area contributed by atoms with Crippen LogP contribution in [0.4, 0.5) is 5.69 Å². The van der Waals surface area contributed by atoms with Gasteiger partial charge in [0.05, 0.1) is 39.9 Å². The zero-order valence-corrected chi connectivity index (χ0v) is 25.5. The molecule has 0 spiro atoms. The molecule has 0 radical (unpaired) electrons. The van der Waals surface area contributed by atoms with E-state index in [0.29, 0.717) is 46.1 Å². The second kappa shape index (κ2) is 11.0. The van der Waals surface area contributed by atoms with Crippen molar-refractivity contribution in [1.29, 1.82) is 0 Å². The van der Waals surface area contributed by atoms with Crippen LogP contribution in [0.2, 0.25) is 0 Å². The fourth-order valence-electron chi connectivity index (χ4n) is 7.39.